The second-order valence-electron chi connectivity index (χ2n) is 11.5. The Labute approximate surface area is 204 Å². The fourth-order valence-electron chi connectivity index (χ4n) is 6.44. The zero-order valence-corrected chi connectivity index (χ0v) is 22.1. The van der Waals surface area contributed by atoms with Crippen molar-refractivity contribution in [3.8, 4) is 17.2 Å². The van der Waals surface area contributed by atoms with Crippen LogP contribution in [-0.2, 0) is 6.42 Å². The maximum absolute atomic E-state index is 8.98. The fraction of sp³-hybridized carbons (Fsp3) is 0.581. The molecule has 0 radical (unpaired) electrons. The second-order valence-corrected chi connectivity index (χ2v) is 15.1. The topological polar surface area (TPSA) is 23.8 Å². The second kappa shape index (κ2) is 12.0. The van der Waals surface area contributed by atoms with Crippen molar-refractivity contribution in [2.24, 2.45) is 17.8 Å². The lowest BCUT2D eigenvalue weighted by Gasteiger charge is -2.37. The van der Waals surface area contributed by atoms with Crippen LogP contribution < -0.4 is 0 Å². The minimum absolute atomic E-state index is 0.480. The van der Waals surface area contributed by atoms with Crippen LogP contribution in [0.15, 0.2) is 48.5 Å². The van der Waals surface area contributed by atoms with E-state index in [1.54, 1.807) is 37.8 Å². The van der Waals surface area contributed by atoms with Gasteiger partial charge in [-0.3, -0.25) is 0 Å². The molecular formula is C31H43NSi. The molecule has 2 heteroatoms. The normalized spacial score (nSPS) is 25.6. The predicted molar refractivity (Wildman–Crippen MR) is 144 cm³/mol. The molecule has 0 unspecified atom stereocenters. The Balaban J connectivity index is 1.17. The molecule has 0 N–H and O–H groups in total. The zero-order valence-electron chi connectivity index (χ0n) is 20.9. The van der Waals surface area contributed by atoms with Crippen LogP contribution in [0.4, 0.5) is 0 Å². The van der Waals surface area contributed by atoms with Crippen LogP contribution in [0.5, 0.6) is 0 Å². The molecule has 1 nitrogen and oxygen atoms in total. The maximum Gasteiger partial charge on any atom is 0.0991 e. The van der Waals surface area contributed by atoms with Crippen LogP contribution in [0.25, 0.3) is 11.1 Å². The Bertz CT molecular complexity index is 876. The van der Waals surface area contributed by atoms with Crippen molar-refractivity contribution in [2.75, 3.05) is 0 Å². The van der Waals surface area contributed by atoms with Gasteiger partial charge in [0.2, 0.25) is 0 Å². The number of rotatable bonds is 8. The van der Waals surface area contributed by atoms with Gasteiger partial charge in [-0.1, -0.05) is 114 Å². The first kappa shape index (κ1) is 24.3. The molecule has 176 valence electrons. The summed E-state index contributed by atoms with van der Waals surface area (Å²) in [6.45, 7) is 4.76. The predicted octanol–water partition coefficient (Wildman–Crippen LogP) is 8.79. The van der Waals surface area contributed by atoms with Gasteiger partial charge >= 0.3 is 0 Å². The van der Waals surface area contributed by atoms with Gasteiger partial charge in [0.05, 0.1) is 11.6 Å². The fourth-order valence-corrected chi connectivity index (χ4v) is 10.8. The van der Waals surface area contributed by atoms with E-state index < -0.39 is 8.80 Å². The highest BCUT2D eigenvalue weighted by atomic mass is 28.3. The van der Waals surface area contributed by atoms with E-state index in [4.69, 9.17) is 5.26 Å². The summed E-state index contributed by atoms with van der Waals surface area (Å²) in [6.07, 6.45) is 14.8. The minimum Gasteiger partial charge on any atom is -0.192 e. The van der Waals surface area contributed by atoms with Crippen LogP contribution in [0.1, 0.15) is 82.8 Å². The van der Waals surface area contributed by atoms with E-state index in [2.05, 4.69) is 44.2 Å². The Kier molecular flexibility index (Phi) is 8.85. The Morgan fingerprint density at radius 3 is 1.94 bits per heavy atom. The third kappa shape index (κ3) is 7.06. The van der Waals surface area contributed by atoms with Crippen molar-refractivity contribution >= 4 is 8.80 Å². The van der Waals surface area contributed by atoms with Crippen LogP contribution in [-0.4, -0.2) is 8.80 Å². The molecule has 0 spiro atoms. The summed E-state index contributed by atoms with van der Waals surface area (Å²) >= 11 is 0. The van der Waals surface area contributed by atoms with Gasteiger partial charge in [0.1, 0.15) is 0 Å². The van der Waals surface area contributed by atoms with E-state index >= 15 is 0 Å². The number of benzene rings is 2. The molecule has 2 fully saturated rings. The third-order valence-corrected chi connectivity index (χ3v) is 12.9. The quantitative estimate of drug-likeness (QED) is 0.363. The molecule has 0 amide bonds. The molecular weight excluding hydrogens is 414 g/mol. The van der Waals surface area contributed by atoms with Gasteiger partial charge in [-0.2, -0.15) is 5.26 Å². The van der Waals surface area contributed by atoms with Gasteiger partial charge in [0.15, 0.2) is 0 Å². The highest BCUT2D eigenvalue weighted by Crippen LogP contribution is 2.42. The van der Waals surface area contributed by atoms with Gasteiger partial charge in [-0.05, 0) is 65.0 Å². The Morgan fingerprint density at radius 1 is 0.788 bits per heavy atom. The lowest BCUT2D eigenvalue weighted by molar-refractivity contribution is 0.312. The van der Waals surface area contributed by atoms with Gasteiger partial charge < -0.3 is 0 Å². The van der Waals surface area contributed by atoms with Crippen LogP contribution in [0.3, 0.4) is 0 Å². The van der Waals surface area contributed by atoms with Gasteiger partial charge in [-0.15, -0.1) is 0 Å². The number of nitriles is 1. The smallest absolute Gasteiger partial charge is 0.0991 e. The molecule has 0 atom stereocenters. The van der Waals surface area contributed by atoms with Crippen molar-refractivity contribution < 1.29 is 0 Å². The average Bonchev–Trinajstić information content (AvgIpc) is 2.87. The molecule has 1 aliphatic carbocycles. The molecule has 4 rings (SSSR count). The van der Waals surface area contributed by atoms with Crippen LogP contribution in [0.2, 0.25) is 17.6 Å². The summed E-state index contributed by atoms with van der Waals surface area (Å²) < 4.78 is 0. The molecule has 33 heavy (non-hydrogen) atoms. The Morgan fingerprint density at radius 2 is 1.36 bits per heavy atom. The van der Waals surface area contributed by atoms with Crippen molar-refractivity contribution in [1.29, 1.82) is 5.26 Å². The summed E-state index contributed by atoms with van der Waals surface area (Å²) in [6, 6.07) is 22.5. The van der Waals surface area contributed by atoms with E-state index in [0.29, 0.717) is 0 Å². The summed E-state index contributed by atoms with van der Waals surface area (Å²) in [7, 11) is -0.480. The molecule has 1 saturated heterocycles. The summed E-state index contributed by atoms with van der Waals surface area (Å²) in [5.41, 5.74) is 5.82. The van der Waals surface area contributed by atoms with Crippen molar-refractivity contribution in [3.05, 3.63) is 59.7 Å². The third-order valence-electron chi connectivity index (χ3n) is 8.74. The van der Waals surface area contributed by atoms with Gasteiger partial charge in [0.25, 0.3) is 0 Å². The zero-order chi connectivity index (χ0) is 23.0. The van der Waals surface area contributed by atoms with E-state index in [-0.39, 0.29) is 0 Å². The number of aryl methyl sites for hydroxylation is 1. The lowest BCUT2D eigenvalue weighted by Crippen LogP contribution is -2.29. The summed E-state index contributed by atoms with van der Waals surface area (Å²) in [5, 5.41) is 8.98. The molecule has 1 aliphatic heterocycles. The van der Waals surface area contributed by atoms with Crippen molar-refractivity contribution in [2.45, 2.75) is 95.7 Å². The number of nitrogens with zero attached hydrogens (tertiary/aromatic N) is 1. The van der Waals surface area contributed by atoms with Crippen molar-refractivity contribution in [3.63, 3.8) is 0 Å². The highest BCUT2D eigenvalue weighted by Gasteiger charge is 2.31. The number of hydrogen-bond acceptors (Lipinski definition) is 1. The lowest BCUT2D eigenvalue weighted by atomic mass is 9.84. The minimum atomic E-state index is -0.480. The number of hydrogen-bond donors (Lipinski definition) is 0. The first-order chi connectivity index (χ1) is 16.1. The van der Waals surface area contributed by atoms with Crippen LogP contribution >= 0.6 is 0 Å². The highest BCUT2D eigenvalue weighted by molar-refractivity contribution is 6.60. The van der Waals surface area contributed by atoms with Crippen LogP contribution in [0, 0.1) is 29.1 Å². The molecule has 0 bridgehead atoms. The van der Waals surface area contributed by atoms with E-state index in [0.717, 1.165) is 23.3 Å². The largest absolute Gasteiger partial charge is 0.192 e. The van der Waals surface area contributed by atoms with E-state index in [1.165, 1.54) is 60.8 Å². The molecule has 1 heterocycles. The van der Waals surface area contributed by atoms with E-state index in [9.17, 15) is 0 Å². The molecule has 2 aromatic rings. The first-order valence-electron chi connectivity index (χ1n) is 13.7. The monoisotopic (exact) mass is 457 g/mol. The molecule has 1 saturated carbocycles. The molecule has 0 aromatic heterocycles. The first-order valence-corrected chi connectivity index (χ1v) is 16.0. The Hall–Kier alpha value is -1.85. The summed E-state index contributed by atoms with van der Waals surface area (Å²) in [5.74, 6) is 2.90. The molecule has 2 aromatic carbocycles. The SMILES string of the molecule is CC(C)CCC1CCC([SiH]2CCC(CCc3ccc(-c4ccc(C#N)cc4)cc3)CC2)CC1. The van der Waals surface area contributed by atoms with Crippen molar-refractivity contribution in [1.82, 2.24) is 0 Å². The molecule has 2 aliphatic rings. The van der Waals surface area contributed by atoms with Gasteiger partial charge in [-0.25, -0.2) is 0 Å². The standard InChI is InChI=1S/C31H43NSi/c1-24(2)3-4-25-11-17-31(18-12-25)33-21-19-27(20-22-33)6-5-26-7-13-29(14-8-26)30-15-9-28(23-32)10-16-30/h7-10,13-16,24-25,27,31,33H,3-6,11-12,17-22H2,1-2H3. The van der Waals surface area contributed by atoms with Gasteiger partial charge in [0, 0.05) is 8.80 Å². The summed E-state index contributed by atoms with van der Waals surface area (Å²) in [4.78, 5) is 0. The van der Waals surface area contributed by atoms with E-state index in [1.807, 2.05) is 24.3 Å². The average molecular weight is 458 g/mol. The maximum atomic E-state index is 8.98.